The van der Waals surface area contributed by atoms with Gasteiger partial charge in [-0.15, -0.1) is 0 Å². The Balaban J connectivity index is 1.62. The molecule has 1 aliphatic heterocycles. The van der Waals surface area contributed by atoms with Crippen molar-refractivity contribution in [1.82, 2.24) is 10.2 Å². The summed E-state index contributed by atoms with van der Waals surface area (Å²) in [5.41, 5.74) is 2.21. The molecular weight excluding hydrogens is 518 g/mol. The molecule has 39 heavy (non-hydrogen) atoms. The molecule has 0 radical (unpaired) electrons. The van der Waals surface area contributed by atoms with E-state index in [0.29, 0.717) is 36.8 Å². The second kappa shape index (κ2) is 12.7. The lowest BCUT2D eigenvalue weighted by Gasteiger charge is -2.34. The third-order valence-corrected chi connectivity index (χ3v) is 8.41. The maximum absolute atomic E-state index is 13.9. The van der Waals surface area contributed by atoms with E-state index in [1.165, 1.54) is 11.3 Å². The summed E-state index contributed by atoms with van der Waals surface area (Å²) < 4.78 is 38.1. The van der Waals surface area contributed by atoms with Gasteiger partial charge in [-0.3, -0.25) is 13.9 Å². The van der Waals surface area contributed by atoms with Crippen molar-refractivity contribution in [2.75, 3.05) is 30.3 Å². The van der Waals surface area contributed by atoms with Crippen LogP contribution in [0.25, 0.3) is 0 Å². The van der Waals surface area contributed by atoms with E-state index < -0.39 is 28.5 Å². The van der Waals surface area contributed by atoms with Crippen LogP contribution in [0.15, 0.2) is 42.5 Å². The Hall–Kier alpha value is -3.27. The Labute approximate surface area is 231 Å². The number of amides is 2. The van der Waals surface area contributed by atoms with E-state index in [1.54, 1.807) is 18.2 Å². The fraction of sp³-hybridized carbons (Fsp3) is 0.517. The second-order valence-corrected chi connectivity index (χ2v) is 12.3. The van der Waals surface area contributed by atoms with Gasteiger partial charge in [-0.05, 0) is 43.9 Å². The highest BCUT2D eigenvalue weighted by Gasteiger charge is 2.33. The van der Waals surface area contributed by atoms with E-state index in [2.05, 4.69) is 5.32 Å². The Morgan fingerprint density at radius 2 is 1.74 bits per heavy atom. The molecule has 0 spiro atoms. The van der Waals surface area contributed by atoms with Gasteiger partial charge in [0.25, 0.3) is 0 Å². The van der Waals surface area contributed by atoms with Gasteiger partial charge in [-0.25, -0.2) is 8.42 Å². The van der Waals surface area contributed by atoms with E-state index in [9.17, 15) is 18.0 Å². The molecule has 1 aliphatic carbocycles. The molecular formula is C29H39N3O6S. The van der Waals surface area contributed by atoms with E-state index in [0.717, 1.165) is 47.4 Å². The largest absolute Gasteiger partial charge is 0.486 e. The number of nitrogens with zero attached hydrogens (tertiary/aromatic N) is 2. The fourth-order valence-electron chi connectivity index (χ4n) is 5.27. The highest BCUT2D eigenvalue weighted by molar-refractivity contribution is 7.92. The SMILES string of the molecule is CC[C@@H](C(=O)NC1CCCCC1)N(Cc1cccc(C)c1)C(=O)CN(c1ccc2c(c1)OCCO2)S(C)(=O)=O. The van der Waals surface area contributed by atoms with E-state index in [4.69, 9.17) is 9.47 Å². The number of nitrogens with one attached hydrogen (secondary N) is 1. The molecule has 2 aromatic carbocycles. The van der Waals surface area contributed by atoms with Crippen molar-refractivity contribution in [2.45, 2.75) is 71.0 Å². The summed E-state index contributed by atoms with van der Waals surface area (Å²) in [7, 11) is -3.84. The van der Waals surface area contributed by atoms with E-state index >= 15 is 0 Å². The first kappa shape index (κ1) is 28.7. The minimum absolute atomic E-state index is 0.0986. The molecule has 1 saturated carbocycles. The van der Waals surface area contributed by atoms with E-state index in [1.807, 2.05) is 38.1 Å². The molecule has 0 bridgehead atoms. The summed E-state index contributed by atoms with van der Waals surface area (Å²) in [4.78, 5) is 28.9. The molecule has 212 valence electrons. The zero-order chi connectivity index (χ0) is 28.0. The molecule has 2 aromatic rings. The number of benzene rings is 2. The van der Waals surface area contributed by atoms with Gasteiger partial charge in [-0.1, -0.05) is 56.0 Å². The highest BCUT2D eigenvalue weighted by atomic mass is 32.2. The number of anilines is 1. The average molecular weight is 558 g/mol. The van der Waals surface area contributed by atoms with Crippen molar-refractivity contribution >= 4 is 27.5 Å². The number of carbonyl (C=O) groups is 2. The topological polar surface area (TPSA) is 105 Å². The third kappa shape index (κ3) is 7.44. The first-order valence-electron chi connectivity index (χ1n) is 13.7. The minimum atomic E-state index is -3.84. The first-order valence-corrected chi connectivity index (χ1v) is 15.5. The molecule has 1 heterocycles. The zero-order valence-corrected chi connectivity index (χ0v) is 23.8. The van der Waals surface area contributed by atoms with E-state index in [-0.39, 0.29) is 18.5 Å². The maximum atomic E-state index is 13.9. The Bertz CT molecular complexity index is 1280. The molecule has 2 aliphatic rings. The molecule has 10 heteroatoms. The molecule has 0 saturated heterocycles. The number of hydrogen-bond acceptors (Lipinski definition) is 6. The van der Waals surface area contributed by atoms with Crippen LogP contribution in [0.4, 0.5) is 5.69 Å². The predicted octanol–water partition coefficient (Wildman–Crippen LogP) is 3.79. The molecule has 9 nitrogen and oxygen atoms in total. The van der Waals surface area contributed by atoms with Crippen LogP contribution in [0, 0.1) is 6.92 Å². The number of ether oxygens (including phenoxy) is 2. The van der Waals surface area contributed by atoms with Gasteiger partial charge >= 0.3 is 0 Å². The number of aryl methyl sites for hydroxylation is 1. The molecule has 4 rings (SSSR count). The van der Waals surface area contributed by atoms with Gasteiger partial charge < -0.3 is 19.7 Å². The van der Waals surface area contributed by atoms with Crippen molar-refractivity contribution in [3.8, 4) is 11.5 Å². The molecule has 1 N–H and O–H groups in total. The van der Waals surface area contributed by atoms with Crippen LogP contribution in [-0.4, -0.2) is 63.2 Å². The van der Waals surface area contributed by atoms with Crippen LogP contribution < -0.4 is 19.1 Å². The number of fused-ring (bicyclic) bond motifs is 1. The molecule has 2 amide bonds. The van der Waals surface area contributed by atoms with Crippen molar-refractivity contribution in [2.24, 2.45) is 0 Å². The lowest BCUT2D eigenvalue weighted by molar-refractivity contribution is -0.140. The molecule has 1 atom stereocenters. The van der Waals surface area contributed by atoms with Crippen LogP contribution in [-0.2, 0) is 26.2 Å². The highest BCUT2D eigenvalue weighted by Crippen LogP contribution is 2.34. The number of hydrogen-bond donors (Lipinski definition) is 1. The van der Waals surface area contributed by atoms with Crippen LogP contribution in [0.1, 0.15) is 56.6 Å². The summed E-state index contributed by atoms with van der Waals surface area (Å²) >= 11 is 0. The lowest BCUT2D eigenvalue weighted by Crippen LogP contribution is -2.53. The van der Waals surface area contributed by atoms with Crippen LogP contribution in [0.3, 0.4) is 0 Å². The predicted molar refractivity (Wildman–Crippen MR) is 150 cm³/mol. The number of sulfonamides is 1. The fourth-order valence-corrected chi connectivity index (χ4v) is 6.11. The van der Waals surface area contributed by atoms with Crippen LogP contribution >= 0.6 is 0 Å². The Morgan fingerprint density at radius 1 is 1.03 bits per heavy atom. The summed E-state index contributed by atoms with van der Waals surface area (Å²) in [6.07, 6.45) is 6.65. The van der Waals surface area contributed by atoms with Crippen molar-refractivity contribution < 1.29 is 27.5 Å². The lowest BCUT2D eigenvalue weighted by atomic mass is 9.95. The standard InChI is InChI=1S/C29H39N3O6S/c1-4-25(29(34)30-23-11-6-5-7-12-23)31(19-22-10-8-9-21(2)17-22)28(33)20-32(39(3,35)36)24-13-14-26-27(18-24)38-16-15-37-26/h8-10,13-14,17-18,23,25H,4-7,11-12,15-16,19-20H2,1-3H3,(H,30,34)/t25-/m0/s1. The van der Waals surface area contributed by atoms with Gasteiger partial charge in [0.1, 0.15) is 25.8 Å². The minimum Gasteiger partial charge on any atom is -0.486 e. The van der Waals surface area contributed by atoms with Crippen molar-refractivity contribution in [3.63, 3.8) is 0 Å². The van der Waals surface area contributed by atoms with Gasteiger partial charge in [-0.2, -0.15) is 0 Å². The monoisotopic (exact) mass is 557 g/mol. The zero-order valence-electron chi connectivity index (χ0n) is 23.0. The summed E-state index contributed by atoms with van der Waals surface area (Å²) in [5, 5.41) is 3.16. The molecule has 0 unspecified atom stereocenters. The van der Waals surface area contributed by atoms with Crippen LogP contribution in [0.5, 0.6) is 11.5 Å². The van der Waals surface area contributed by atoms with Gasteiger partial charge in [0, 0.05) is 18.7 Å². The smallest absolute Gasteiger partial charge is 0.244 e. The Kier molecular flexibility index (Phi) is 9.37. The van der Waals surface area contributed by atoms with Gasteiger partial charge in [0.2, 0.25) is 21.8 Å². The van der Waals surface area contributed by atoms with Crippen LogP contribution in [0.2, 0.25) is 0 Å². The second-order valence-electron chi connectivity index (χ2n) is 10.4. The maximum Gasteiger partial charge on any atom is 0.244 e. The average Bonchev–Trinajstić information content (AvgIpc) is 2.91. The summed E-state index contributed by atoms with van der Waals surface area (Å²) in [6.45, 7) is 4.35. The van der Waals surface area contributed by atoms with Gasteiger partial charge in [0.15, 0.2) is 11.5 Å². The van der Waals surface area contributed by atoms with Gasteiger partial charge in [0.05, 0.1) is 11.9 Å². The van der Waals surface area contributed by atoms with Crippen molar-refractivity contribution in [3.05, 3.63) is 53.6 Å². The Morgan fingerprint density at radius 3 is 2.41 bits per heavy atom. The third-order valence-electron chi connectivity index (χ3n) is 7.27. The van der Waals surface area contributed by atoms with Crippen molar-refractivity contribution in [1.29, 1.82) is 0 Å². The molecule has 1 fully saturated rings. The first-order chi connectivity index (χ1) is 18.7. The normalized spacial score (nSPS) is 16.3. The number of carbonyl (C=O) groups excluding carboxylic acids is 2. The summed E-state index contributed by atoms with van der Waals surface area (Å²) in [5.74, 6) is 0.296. The molecule has 0 aromatic heterocycles. The number of rotatable bonds is 10. The quantitative estimate of drug-likeness (QED) is 0.477. The summed E-state index contributed by atoms with van der Waals surface area (Å²) in [6, 6.07) is 11.9.